The van der Waals surface area contributed by atoms with Crippen LogP contribution in [0.2, 0.25) is 0 Å². The van der Waals surface area contributed by atoms with Crippen LogP contribution >= 0.6 is 0 Å². The summed E-state index contributed by atoms with van der Waals surface area (Å²) in [5.41, 5.74) is -7.43. The van der Waals surface area contributed by atoms with Crippen molar-refractivity contribution >= 4 is 11.8 Å². The van der Waals surface area contributed by atoms with Crippen molar-refractivity contribution in [2.75, 3.05) is 6.61 Å². The zero-order valence-electron chi connectivity index (χ0n) is 18.0. The predicted octanol–water partition coefficient (Wildman–Crippen LogP) is -0.304. The predicted molar refractivity (Wildman–Crippen MR) is 104 cm³/mol. The molecule has 8 heteroatoms. The molecular weight excluding hydrogens is 392 g/mol. The third kappa shape index (κ3) is 2.24. The van der Waals surface area contributed by atoms with Gasteiger partial charge in [0.1, 0.15) is 16.8 Å². The number of carbonyl (C=O) groups excluding carboxylic acids is 2. The Morgan fingerprint density at radius 1 is 1.27 bits per heavy atom. The minimum absolute atomic E-state index is 0.269. The molecular formula is C22H32O8. The Bertz CT molecular complexity index is 850. The SMILES string of the molecule is CC(=O)O[C@@]12C[C@@H](C)[C@@]3(O)[C@H]([C@@H]1C2(C)C)[C@H](O)[C@](O)(CO)C[C@]1(O)C(=O)C(C)=C[C@@H]31. The molecule has 0 bridgehead atoms. The molecule has 0 amide bonds. The van der Waals surface area contributed by atoms with Crippen LogP contribution in [-0.2, 0) is 14.3 Å². The molecule has 4 aliphatic rings. The van der Waals surface area contributed by atoms with Gasteiger partial charge in [0.2, 0.25) is 0 Å². The zero-order valence-corrected chi connectivity index (χ0v) is 18.0. The number of hydrogen-bond donors (Lipinski definition) is 5. The maximum Gasteiger partial charge on any atom is 0.303 e. The molecule has 3 fully saturated rings. The standard InChI is InChI=1S/C22H32O8/c1-10-6-13-20(28,16(10)25)8-19(27,9-23)17(26)14-15-18(4,5)21(15,30-12(3)24)7-11(2)22(13,14)29/h6,11,13-15,17,23,26-29H,7-9H2,1-5H3/t11-,13-,14-,15-,17+,19-,20-,21+,22+/m1/s1. The van der Waals surface area contributed by atoms with E-state index in [0.29, 0.717) is 0 Å². The Balaban J connectivity index is 1.95. The van der Waals surface area contributed by atoms with Gasteiger partial charge in [-0.3, -0.25) is 9.59 Å². The maximum atomic E-state index is 12.9. The summed E-state index contributed by atoms with van der Waals surface area (Å²) >= 11 is 0. The second-order valence-corrected chi connectivity index (χ2v) is 10.7. The van der Waals surface area contributed by atoms with Gasteiger partial charge < -0.3 is 30.3 Å². The highest BCUT2D eigenvalue weighted by atomic mass is 16.6. The fraction of sp³-hybridized carbons (Fsp3) is 0.818. The zero-order chi connectivity index (χ0) is 22.7. The third-order valence-corrected chi connectivity index (χ3v) is 8.83. The Morgan fingerprint density at radius 2 is 1.87 bits per heavy atom. The van der Waals surface area contributed by atoms with Crippen LogP contribution in [0.3, 0.4) is 0 Å². The molecule has 0 saturated heterocycles. The average Bonchev–Trinajstić information content (AvgIpc) is 3.01. The number of hydrogen-bond acceptors (Lipinski definition) is 8. The highest BCUT2D eigenvalue weighted by Gasteiger charge is 2.85. The van der Waals surface area contributed by atoms with Crippen LogP contribution < -0.4 is 0 Å². The van der Waals surface area contributed by atoms with E-state index in [1.54, 1.807) is 13.8 Å². The van der Waals surface area contributed by atoms with E-state index < -0.39 is 82.4 Å². The summed E-state index contributed by atoms with van der Waals surface area (Å²) in [5.74, 6) is -4.33. The molecule has 0 radical (unpaired) electrons. The maximum absolute atomic E-state index is 12.9. The Hall–Kier alpha value is -1.32. The molecule has 0 heterocycles. The van der Waals surface area contributed by atoms with Crippen molar-refractivity contribution in [3.8, 4) is 0 Å². The molecule has 0 aromatic heterocycles. The Kier molecular flexibility index (Phi) is 4.32. The number of ether oxygens (including phenoxy) is 1. The van der Waals surface area contributed by atoms with Crippen molar-refractivity contribution in [2.45, 2.75) is 76.0 Å². The largest absolute Gasteiger partial charge is 0.458 e. The van der Waals surface area contributed by atoms with Crippen LogP contribution in [0.4, 0.5) is 0 Å². The fourth-order valence-corrected chi connectivity index (χ4v) is 7.35. The van der Waals surface area contributed by atoms with Gasteiger partial charge in [-0.15, -0.1) is 0 Å². The first-order chi connectivity index (χ1) is 13.6. The number of aliphatic hydroxyl groups is 5. The van der Waals surface area contributed by atoms with Gasteiger partial charge in [0.05, 0.1) is 18.3 Å². The molecule has 4 rings (SSSR count). The summed E-state index contributed by atoms with van der Waals surface area (Å²) < 4.78 is 5.75. The topological polar surface area (TPSA) is 145 Å². The summed E-state index contributed by atoms with van der Waals surface area (Å²) in [6.07, 6.45) is -0.438. The smallest absolute Gasteiger partial charge is 0.303 e. The van der Waals surface area contributed by atoms with E-state index in [0.717, 1.165) is 0 Å². The van der Waals surface area contributed by atoms with Crippen molar-refractivity contribution in [2.24, 2.45) is 29.1 Å². The lowest BCUT2D eigenvalue weighted by molar-refractivity contribution is -0.212. The van der Waals surface area contributed by atoms with E-state index in [-0.39, 0.29) is 12.0 Å². The number of carbonyl (C=O) groups is 2. The van der Waals surface area contributed by atoms with E-state index in [1.807, 2.05) is 13.8 Å². The molecule has 8 nitrogen and oxygen atoms in total. The second kappa shape index (κ2) is 5.92. The van der Waals surface area contributed by atoms with E-state index >= 15 is 0 Å². The fourth-order valence-electron chi connectivity index (χ4n) is 7.35. The second-order valence-electron chi connectivity index (χ2n) is 10.7. The van der Waals surface area contributed by atoms with Gasteiger partial charge in [0, 0.05) is 36.5 Å². The lowest BCUT2D eigenvalue weighted by Gasteiger charge is -2.51. The Morgan fingerprint density at radius 3 is 2.40 bits per heavy atom. The minimum Gasteiger partial charge on any atom is -0.458 e. The summed E-state index contributed by atoms with van der Waals surface area (Å²) in [6, 6.07) is 0. The lowest BCUT2D eigenvalue weighted by atomic mass is 9.59. The van der Waals surface area contributed by atoms with Gasteiger partial charge in [-0.05, 0) is 24.8 Å². The summed E-state index contributed by atoms with van der Waals surface area (Å²) in [6.45, 7) is 7.44. The highest BCUT2D eigenvalue weighted by molar-refractivity contribution is 6.04. The molecule has 168 valence electrons. The van der Waals surface area contributed by atoms with Crippen molar-refractivity contribution in [3.05, 3.63) is 11.6 Å². The summed E-state index contributed by atoms with van der Waals surface area (Å²) in [4.78, 5) is 24.8. The van der Waals surface area contributed by atoms with E-state index in [4.69, 9.17) is 4.74 Å². The number of Topliss-reactive ketones (excluding diaryl/α,β-unsaturated/α-hetero) is 1. The number of aliphatic hydroxyl groups excluding tert-OH is 2. The van der Waals surface area contributed by atoms with Crippen LogP contribution in [0.1, 0.15) is 47.5 Å². The first kappa shape index (κ1) is 21.9. The molecule has 5 N–H and O–H groups in total. The molecule has 0 aromatic rings. The van der Waals surface area contributed by atoms with E-state index in [2.05, 4.69) is 0 Å². The van der Waals surface area contributed by atoms with Crippen molar-refractivity contribution in [3.63, 3.8) is 0 Å². The Labute approximate surface area is 175 Å². The number of ketones is 1. The van der Waals surface area contributed by atoms with Crippen LogP contribution in [0, 0.1) is 29.1 Å². The molecule has 4 aliphatic carbocycles. The first-order valence-corrected chi connectivity index (χ1v) is 10.5. The normalized spacial score (nSPS) is 53.7. The summed E-state index contributed by atoms with van der Waals surface area (Å²) in [7, 11) is 0. The number of esters is 1. The van der Waals surface area contributed by atoms with Crippen molar-refractivity contribution in [1.82, 2.24) is 0 Å². The van der Waals surface area contributed by atoms with E-state index in [9.17, 15) is 35.1 Å². The van der Waals surface area contributed by atoms with Crippen LogP contribution in [0.25, 0.3) is 0 Å². The minimum atomic E-state index is -2.21. The van der Waals surface area contributed by atoms with Gasteiger partial charge in [0.15, 0.2) is 5.78 Å². The molecule has 3 saturated carbocycles. The van der Waals surface area contributed by atoms with Gasteiger partial charge in [-0.2, -0.15) is 0 Å². The molecule has 0 unspecified atom stereocenters. The molecule has 30 heavy (non-hydrogen) atoms. The van der Waals surface area contributed by atoms with Gasteiger partial charge >= 0.3 is 5.97 Å². The lowest BCUT2D eigenvalue weighted by Crippen LogP contribution is -2.63. The average molecular weight is 424 g/mol. The van der Waals surface area contributed by atoms with Gasteiger partial charge in [-0.1, -0.05) is 26.8 Å². The molecule has 9 atom stereocenters. The van der Waals surface area contributed by atoms with Crippen LogP contribution in [-0.4, -0.2) is 72.4 Å². The summed E-state index contributed by atoms with van der Waals surface area (Å²) in [5, 5.41) is 56.1. The molecule has 0 aliphatic heterocycles. The van der Waals surface area contributed by atoms with Crippen LogP contribution in [0.5, 0.6) is 0 Å². The third-order valence-electron chi connectivity index (χ3n) is 8.83. The van der Waals surface area contributed by atoms with Crippen LogP contribution in [0.15, 0.2) is 11.6 Å². The first-order valence-electron chi connectivity index (χ1n) is 10.5. The van der Waals surface area contributed by atoms with Gasteiger partial charge in [0.25, 0.3) is 0 Å². The van der Waals surface area contributed by atoms with E-state index in [1.165, 1.54) is 13.0 Å². The van der Waals surface area contributed by atoms with Gasteiger partial charge in [-0.25, -0.2) is 0 Å². The monoisotopic (exact) mass is 424 g/mol. The highest BCUT2D eigenvalue weighted by Crippen LogP contribution is 2.77. The number of fused-ring (bicyclic) bond motifs is 5. The molecule has 0 spiro atoms. The quantitative estimate of drug-likeness (QED) is 0.380. The van der Waals surface area contributed by atoms with Crippen molar-refractivity contribution < 1.29 is 39.9 Å². The number of rotatable bonds is 2. The van der Waals surface area contributed by atoms with Crippen molar-refractivity contribution in [1.29, 1.82) is 0 Å². The molecule has 0 aromatic carbocycles.